The van der Waals surface area contributed by atoms with Crippen molar-refractivity contribution in [1.29, 1.82) is 0 Å². The van der Waals surface area contributed by atoms with E-state index in [0.29, 0.717) is 18.9 Å². The van der Waals surface area contributed by atoms with Crippen LogP contribution in [-0.4, -0.2) is 20.2 Å². The molecule has 0 spiro atoms. The van der Waals surface area contributed by atoms with Crippen molar-refractivity contribution in [3.05, 3.63) is 41.4 Å². The van der Waals surface area contributed by atoms with Crippen LogP contribution in [0.25, 0.3) is 0 Å². The van der Waals surface area contributed by atoms with E-state index in [1.165, 1.54) is 6.07 Å². The number of nitrogens with one attached hydrogen (secondary N) is 1. The summed E-state index contributed by atoms with van der Waals surface area (Å²) in [4.78, 5) is 0. The van der Waals surface area contributed by atoms with E-state index in [9.17, 15) is 4.39 Å². The van der Waals surface area contributed by atoms with E-state index in [-0.39, 0.29) is 11.7 Å². The van der Waals surface area contributed by atoms with E-state index in [1.807, 2.05) is 33.2 Å². The van der Waals surface area contributed by atoms with Crippen molar-refractivity contribution in [2.24, 2.45) is 5.73 Å². The molecule has 0 saturated carbocycles. The number of halogens is 1. The largest absolute Gasteiger partial charge is 0.491 e. The highest BCUT2D eigenvalue weighted by Gasteiger charge is 2.13. The Morgan fingerprint density at radius 3 is 2.78 bits per heavy atom. The van der Waals surface area contributed by atoms with E-state index in [2.05, 4.69) is 5.32 Å². The number of nitrogens with two attached hydrogens (primary N) is 1. The fraction of sp³-hybridized carbons (Fsp3) is 0.429. The Labute approximate surface area is 108 Å². The Bertz CT molecular complexity index is 418. The van der Waals surface area contributed by atoms with Crippen LogP contribution in [0.5, 0.6) is 5.75 Å². The molecule has 0 heterocycles. The fourth-order valence-electron chi connectivity index (χ4n) is 1.82. The number of benzene rings is 1. The molecule has 1 aromatic rings. The highest BCUT2D eigenvalue weighted by molar-refractivity contribution is 5.35. The fourth-order valence-corrected chi connectivity index (χ4v) is 1.82. The molecule has 0 radical (unpaired) electrons. The smallest absolute Gasteiger partial charge is 0.165 e. The van der Waals surface area contributed by atoms with Crippen molar-refractivity contribution in [3.63, 3.8) is 0 Å². The van der Waals surface area contributed by atoms with Crippen LogP contribution in [0, 0.1) is 5.82 Å². The zero-order chi connectivity index (χ0) is 13.5. The summed E-state index contributed by atoms with van der Waals surface area (Å²) in [5.74, 6) is 0.0370. The standard InChI is InChI=1S/C14H21FN2O/c1-4-18-14-6-5-11(7-13(14)15)10(2)12(8-16)9-17-3/h5-7,9-10,17H,4,8,16H2,1-3H3/b12-9-. The van der Waals surface area contributed by atoms with Gasteiger partial charge in [0.25, 0.3) is 0 Å². The highest BCUT2D eigenvalue weighted by atomic mass is 19.1. The second-order valence-corrected chi connectivity index (χ2v) is 4.06. The Balaban J connectivity index is 2.96. The van der Waals surface area contributed by atoms with E-state index in [1.54, 1.807) is 6.07 Å². The van der Waals surface area contributed by atoms with Gasteiger partial charge in [-0.15, -0.1) is 0 Å². The Hall–Kier alpha value is -1.55. The van der Waals surface area contributed by atoms with Crippen LogP contribution in [0.15, 0.2) is 30.0 Å². The minimum Gasteiger partial charge on any atom is -0.491 e. The minimum atomic E-state index is -0.331. The van der Waals surface area contributed by atoms with Gasteiger partial charge in [0.2, 0.25) is 0 Å². The third-order valence-electron chi connectivity index (χ3n) is 2.88. The molecule has 0 saturated heterocycles. The average Bonchev–Trinajstić information content (AvgIpc) is 2.37. The molecule has 0 aliphatic rings. The van der Waals surface area contributed by atoms with Gasteiger partial charge >= 0.3 is 0 Å². The van der Waals surface area contributed by atoms with E-state index in [4.69, 9.17) is 10.5 Å². The summed E-state index contributed by atoms with van der Waals surface area (Å²) in [6.45, 7) is 4.74. The van der Waals surface area contributed by atoms with Gasteiger partial charge in [-0.3, -0.25) is 0 Å². The molecule has 0 amide bonds. The first-order valence-electron chi connectivity index (χ1n) is 6.12. The maximum absolute atomic E-state index is 13.8. The van der Waals surface area contributed by atoms with Crippen LogP contribution in [0.1, 0.15) is 25.3 Å². The monoisotopic (exact) mass is 252 g/mol. The summed E-state index contributed by atoms with van der Waals surface area (Å²) in [7, 11) is 1.82. The van der Waals surface area contributed by atoms with Gasteiger partial charge in [-0.2, -0.15) is 0 Å². The average molecular weight is 252 g/mol. The van der Waals surface area contributed by atoms with Crippen LogP contribution in [0.2, 0.25) is 0 Å². The van der Waals surface area contributed by atoms with Crippen LogP contribution in [0.3, 0.4) is 0 Å². The zero-order valence-corrected chi connectivity index (χ0v) is 11.2. The van der Waals surface area contributed by atoms with Gasteiger partial charge in [0.05, 0.1) is 6.61 Å². The number of rotatable bonds is 6. The first-order chi connectivity index (χ1) is 8.63. The lowest BCUT2D eigenvalue weighted by Crippen LogP contribution is -2.13. The molecule has 3 N–H and O–H groups in total. The van der Waals surface area contributed by atoms with E-state index in [0.717, 1.165) is 11.1 Å². The molecule has 0 aliphatic heterocycles. The molecule has 18 heavy (non-hydrogen) atoms. The minimum absolute atomic E-state index is 0.0765. The summed E-state index contributed by atoms with van der Waals surface area (Å²) >= 11 is 0. The first kappa shape index (κ1) is 14.5. The summed E-state index contributed by atoms with van der Waals surface area (Å²) in [6.07, 6.45) is 1.86. The summed E-state index contributed by atoms with van der Waals surface area (Å²) in [5.41, 5.74) is 7.61. The number of hydrogen-bond acceptors (Lipinski definition) is 3. The Kier molecular flexibility index (Phi) is 5.65. The van der Waals surface area contributed by atoms with Crippen LogP contribution in [-0.2, 0) is 0 Å². The van der Waals surface area contributed by atoms with Gasteiger partial charge in [-0.05, 0) is 36.4 Å². The molecular weight excluding hydrogens is 231 g/mol. The Morgan fingerprint density at radius 2 is 2.28 bits per heavy atom. The molecule has 0 aromatic heterocycles. The molecule has 0 bridgehead atoms. The molecule has 1 atom stereocenters. The van der Waals surface area contributed by atoms with Crippen LogP contribution in [0.4, 0.5) is 4.39 Å². The normalized spacial score (nSPS) is 13.3. The van der Waals surface area contributed by atoms with Gasteiger partial charge < -0.3 is 15.8 Å². The summed E-state index contributed by atoms with van der Waals surface area (Å²) in [6, 6.07) is 5.05. The third kappa shape index (κ3) is 3.47. The lowest BCUT2D eigenvalue weighted by Gasteiger charge is -2.16. The summed E-state index contributed by atoms with van der Waals surface area (Å²) in [5, 5.41) is 2.96. The lowest BCUT2D eigenvalue weighted by atomic mass is 9.93. The van der Waals surface area contributed by atoms with Crippen LogP contribution >= 0.6 is 0 Å². The molecule has 0 aliphatic carbocycles. The first-order valence-corrected chi connectivity index (χ1v) is 6.12. The predicted molar refractivity (Wildman–Crippen MR) is 72.2 cm³/mol. The van der Waals surface area contributed by atoms with Crippen molar-refractivity contribution < 1.29 is 9.13 Å². The quantitative estimate of drug-likeness (QED) is 0.817. The van der Waals surface area contributed by atoms with Crippen molar-refractivity contribution in [1.82, 2.24) is 5.32 Å². The number of ether oxygens (including phenoxy) is 1. The molecule has 1 aromatic carbocycles. The third-order valence-corrected chi connectivity index (χ3v) is 2.88. The van der Waals surface area contributed by atoms with E-state index < -0.39 is 0 Å². The summed E-state index contributed by atoms with van der Waals surface area (Å²) < 4.78 is 18.9. The maximum Gasteiger partial charge on any atom is 0.165 e. The van der Waals surface area contributed by atoms with Gasteiger partial charge in [0.15, 0.2) is 11.6 Å². The van der Waals surface area contributed by atoms with Gasteiger partial charge in [-0.1, -0.05) is 13.0 Å². The van der Waals surface area contributed by atoms with Crippen molar-refractivity contribution >= 4 is 0 Å². The van der Waals surface area contributed by atoms with Gasteiger partial charge in [0.1, 0.15) is 0 Å². The maximum atomic E-state index is 13.8. The number of hydrogen-bond donors (Lipinski definition) is 2. The second kappa shape index (κ2) is 7.01. The van der Waals surface area contributed by atoms with Gasteiger partial charge in [0, 0.05) is 19.5 Å². The molecule has 1 unspecified atom stereocenters. The van der Waals surface area contributed by atoms with Crippen molar-refractivity contribution in [2.75, 3.05) is 20.2 Å². The highest BCUT2D eigenvalue weighted by Crippen LogP contribution is 2.27. The van der Waals surface area contributed by atoms with E-state index >= 15 is 0 Å². The second-order valence-electron chi connectivity index (χ2n) is 4.06. The van der Waals surface area contributed by atoms with Crippen LogP contribution < -0.4 is 15.8 Å². The molecule has 4 heteroatoms. The molecule has 0 fully saturated rings. The molecule has 3 nitrogen and oxygen atoms in total. The molecular formula is C14H21FN2O. The zero-order valence-electron chi connectivity index (χ0n) is 11.2. The SMILES string of the molecule is CCOc1ccc(C(C)/C(=C\NC)CN)cc1F. The Morgan fingerprint density at radius 1 is 1.56 bits per heavy atom. The predicted octanol–water partition coefficient (Wildman–Crippen LogP) is 2.39. The van der Waals surface area contributed by atoms with Crippen molar-refractivity contribution in [3.8, 4) is 5.75 Å². The lowest BCUT2D eigenvalue weighted by molar-refractivity contribution is 0.321. The molecule has 1 rings (SSSR count). The van der Waals surface area contributed by atoms with Crippen molar-refractivity contribution in [2.45, 2.75) is 19.8 Å². The molecule has 100 valence electrons. The topological polar surface area (TPSA) is 47.3 Å². The van der Waals surface area contributed by atoms with Gasteiger partial charge in [-0.25, -0.2) is 4.39 Å².